The summed E-state index contributed by atoms with van der Waals surface area (Å²) in [4.78, 5) is 4.17. The quantitative estimate of drug-likeness (QED) is 0.926. The standard InChI is InChI=1S/C10H10BrN3O2S2/c1-6-5-8(3-4-9(6)11)18(15,16)14-10-12-7(2)13-17-10/h3-5H,1-2H3,(H,12,13,14). The highest BCUT2D eigenvalue weighted by atomic mass is 79.9. The van der Waals surface area contributed by atoms with Crippen LogP contribution in [0.5, 0.6) is 0 Å². The predicted molar refractivity (Wildman–Crippen MR) is 74.3 cm³/mol. The van der Waals surface area contributed by atoms with Gasteiger partial charge in [-0.3, -0.25) is 4.72 Å². The van der Waals surface area contributed by atoms with Crippen molar-refractivity contribution in [2.45, 2.75) is 18.7 Å². The lowest BCUT2D eigenvalue weighted by molar-refractivity contribution is 0.601. The van der Waals surface area contributed by atoms with E-state index in [-0.39, 0.29) is 10.0 Å². The molecule has 5 nitrogen and oxygen atoms in total. The van der Waals surface area contributed by atoms with E-state index in [4.69, 9.17) is 0 Å². The first-order valence-electron chi connectivity index (χ1n) is 4.98. The van der Waals surface area contributed by atoms with Crippen LogP contribution in [0.3, 0.4) is 0 Å². The number of anilines is 1. The van der Waals surface area contributed by atoms with Gasteiger partial charge in [0.2, 0.25) is 5.13 Å². The molecular weight excluding hydrogens is 338 g/mol. The molecule has 18 heavy (non-hydrogen) atoms. The molecule has 0 saturated carbocycles. The van der Waals surface area contributed by atoms with E-state index in [1.165, 1.54) is 6.07 Å². The molecule has 0 aliphatic rings. The summed E-state index contributed by atoms with van der Waals surface area (Å²) in [6.07, 6.45) is 0. The average molecular weight is 348 g/mol. The van der Waals surface area contributed by atoms with Gasteiger partial charge in [0.05, 0.1) is 4.90 Å². The average Bonchev–Trinajstić information content (AvgIpc) is 2.67. The minimum atomic E-state index is -3.60. The Morgan fingerprint density at radius 3 is 2.61 bits per heavy atom. The van der Waals surface area contributed by atoms with Crippen LogP contribution in [0.4, 0.5) is 5.13 Å². The summed E-state index contributed by atoms with van der Waals surface area (Å²) in [6, 6.07) is 4.84. The SMILES string of the molecule is Cc1nsc(NS(=O)(=O)c2ccc(Br)c(C)c2)n1. The summed E-state index contributed by atoms with van der Waals surface area (Å²) in [6.45, 7) is 3.54. The number of aromatic nitrogens is 2. The fourth-order valence-corrected chi connectivity index (χ4v) is 3.43. The first-order valence-corrected chi connectivity index (χ1v) is 8.03. The number of rotatable bonds is 3. The van der Waals surface area contributed by atoms with Crippen LogP contribution in [0.1, 0.15) is 11.4 Å². The summed E-state index contributed by atoms with van der Waals surface area (Å²) < 4.78 is 31.4. The minimum absolute atomic E-state index is 0.205. The first kappa shape index (κ1) is 13.4. The van der Waals surface area contributed by atoms with Gasteiger partial charge in [0.25, 0.3) is 10.0 Å². The van der Waals surface area contributed by atoms with Crippen molar-refractivity contribution < 1.29 is 8.42 Å². The molecule has 0 aliphatic heterocycles. The molecule has 1 heterocycles. The lowest BCUT2D eigenvalue weighted by Gasteiger charge is -2.06. The van der Waals surface area contributed by atoms with Crippen LogP contribution in [-0.2, 0) is 10.0 Å². The van der Waals surface area contributed by atoms with Crippen LogP contribution >= 0.6 is 27.5 Å². The van der Waals surface area contributed by atoms with Crippen molar-refractivity contribution in [1.82, 2.24) is 9.36 Å². The largest absolute Gasteiger partial charge is 0.263 e. The van der Waals surface area contributed by atoms with Gasteiger partial charge < -0.3 is 0 Å². The molecule has 0 spiro atoms. The van der Waals surface area contributed by atoms with Gasteiger partial charge >= 0.3 is 0 Å². The van der Waals surface area contributed by atoms with Crippen LogP contribution in [0.25, 0.3) is 0 Å². The van der Waals surface area contributed by atoms with Crippen LogP contribution in [0, 0.1) is 13.8 Å². The molecule has 0 unspecified atom stereocenters. The fourth-order valence-electron chi connectivity index (χ4n) is 1.30. The second kappa shape index (κ2) is 4.94. The second-order valence-corrected chi connectivity index (χ2v) is 6.95. The Morgan fingerprint density at radius 2 is 2.06 bits per heavy atom. The second-order valence-electron chi connectivity index (χ2n) is 3.66. The third kappa shape index (κ3) is 2.88. The molecule has 1 N–H and O–H groups in total. The third-order valence-electron chi connectivity index (χ3n) is 2.19. The lowest BCUT2D eigenvalue weighted by atomic mass is 10.2. The number of halogens is 1. The molecule has 0 saturated heterocycles. The highest BCUT2D eigenvalue weighted by Crippen LogP contribution is 2.22. The number of sulfonamides is 1. The molecule has 2 aromatic rings. The summed E-state index contributed by atoms with van der Waals surface area (Å²) >= 11 is 4.35. The number of benzene rings is 1. The zero-order valence-electron chi connectivity index (χ0n) is 9.64. The van der Waals surface area contributed by atoms with Gasteiger partial charge in [-0.25, -0.2) is 13.4 Å². The van der Waals surface area contributed by atoms with Crippen molar-refractivity contribution in [2.75, 3.05) is 4.72 Å². The van der Waals surface area contributed by atoms with Crippen LogP contribution in [0.15, 0.2) is 27.6 Å². The smallest absolute Gasteiger partial charge is 0.253 e. The molecule has 0 radical (unpaired) electrons. The Bertz CT molecular complexity index is 682. The Labute approximate surface area is 118 Å². The predicted octanol–water partition coefficient (Wildman–Crippen LogP) is 2.72. The van der Waals surface area contributed by atoms with Crippen molar-refractivity contribution in [3.05, 3.63) is 34.1 Å². The highest BCUT2D eigenvalue weighted by molar-refractivity contribution is 9.10. The molecule has 1 aromatic heterocycles. The zero-order valence-corrected chi connectivity index (χ0v) is 12.9. The summed E-state index contributed by atoms with van der Waals surface area (Å²) in [5.74, 6) is 0.546. The Kier molecular flexibility index (Phi) is 3.69. The van der Waals surface area contributed by atoms with E-state index in [0.717, 1.165) is 21.6 Å². The molecule has 96 valence electrons. The van der Waals surface area contributed by atoms with Crippen LogP contribution < -0.4 is 4.72 Å². The van der Waals surface area contributed by atoms with Gasteiger partial charge in [0, 0.05) is 16.0 Å². The van der Waals surface area contributed by atoms with Crippen LogP contribution in [0.2, 0.25) is 0 Å². The van der Waals surface area contributed by atoms with Gasteiger partial charge in [-0.05, 0) is 37.6 Å². The monoisotopic (exact) mass is 347 g/mol. The molecule has 0 bridgehead atoms. The summed E-state index contributed by atoms with van der Waals surface area (Å²) in [5, 5.41) is 0.271. The number of nitrogens with one attached hydrogen (secondary N) is 1. The van der Waals surface area contributed by atoms with Gasteiger partial charge in [0.1, 0.15) is 5.82 Å². The number of hydrogen-bond acceptors (Lipinski definition) is 5. The maximum Gasteiger partial charge on any atom is 0.263 e. The van der Waals surface area contributed by atoms with E-state index >= 15 is 0 Å². The number of aryl methyl sites for hydroxylation is 2. The van der Waals surface area contributed by atoms with Gasteiger partial charge in [0.15, 0.2) is 0 Å². The third-order valence-corrected chi connectivity index (χ3v) is 5.27. The minimum Gasteiger partial charge on any atom is -0.253 e. The zero-order chi connectivity index (χ0) is 13.3. The van der Waals surface area contributed by atoms with Gasteiger partial charge in [-0.2, -0.15) is 4.37 Å². The van der Waals surface area contributed by atoms with Crippen molar-refractivity contribution in [3.8, 4) is 0 Å². The van der Waals surface area contributed by atoms with Crippen molar-refractivity contribution in [3.63, 3.8) is 0 Å². The molecule has 2 rings (SSSR count). The Morgan fingerprint density at radius 1 is 1.33 bits per heavy atom. The van der Waals surface area contributed by atoms with Crippen LogP contribution in [-0.4, -0.2) is 17.8 Å². The highest BCUT2D eigenvalue weighted by Gasteiger charge is 2.16. The fraction of sp³-hybridized carbons (Fsp3) is 0.200. The molecule has 0 aliphatic carbocycles. The molecule has 1 aromatic carbocycles. The van der Waals surface area contributed by atoms with Gasteiger partial charge in [-0.15, -0.1) is 0 Å². The lowest BCUT2D eigenvalue weighted by Crippen LogP contribution is -2.13. The maximum absolute atomic E-state index is 12.1. The van der Waals surface area contributed by atoms with E-state index in [1.807, 2.05) is 6.92 Å². The van der Waals surface area contributed by atoms with E-state index in [0.29, 0.717) is 5.82 Å². The van der Waals surface area contributed by atoms with E-state index in [2.05, 4.69) is 30.0 Å². The normalized spacial score (nSPS) is 11.5. The van der Waals surface area contributed by atoms with E-state index in [1.54, 1.807) is 19.1 Å². The van der Waals surface area contributed by atoms with Crippen molar-refractivity contribution in [2.24, 2.45) is 0 Å². The Hall–Kier alpha value is -0.990. The van der Waals surface area contributed by atoms with E-state index < -0.39 is 10.0 Å². The summed E-state index contributed by atoms with van der Waals surface area (Å²) in [7, 11) is -3.60. The molecule has 0 fully saturated rings. The number of hydrogen-bond donors (Lipinski definition) is 1. The maximum atomic E-state index is 12.1. The molecule has 0 atom stereocenters. The van der Waals surface area contributed by atoms with Crippen molar-refractivity contribution >= 4 is 42.6 Å². The van der Waals surface area contributed by atoms with Crippen molar-refractivity contribution in [1.29, 1.82) is 0 Å². The number of nitrogens with zero attached hydrogens (tertiary/aromatic N) is 2. The summed E-state index contributed by atoms with van der Waals surface area (Å²) in [5.41, 5.74) is 0.853. The Balaban J connectivity index is 2.33. The van der Waals surface area contributed by atoms with E-state index in [9.17, 15) is 8.42 Å². The van der Waals surface area contributed by atoms with Gasteiger partial charge in [-0.1, -0.05) is 15.9 Å². The topological polar surface area (TPSA) is 72.0 Å². The molecule has 8 heteroatoms. The molecule has 0 amide bonds. The molecular formula is C10H10BrN3O2S2. The first-order chi connectivity index (χ1) is 8.38.